The molecule has 1 aromatic heterocycles. The maximum Gasteiger partial charge on any atom is 0.262 e. The van der Waals surface area contributed by atoms with Crippen LogP contribution in [-0.2, 0) is 11.3 Å². The first-order valence-electron chi connectivity index (χ1n) is 6.76. The van der Waals surface area contributed by atoms with Crippen molar-refractivity contribution in [2.24, 2.45) is 0 Å². The molecule has 0 spiro atoms. The van der Waals surface area contributed by atoms with E-state index >= 15 is 0 Å². The second kappa shape index (κ2) is 7.32. The Labute approximate surface area is 147 Å². The summed E-state index contributed by atoms with van der Waals surface area (Å²) in [6, 6.07) is 6.31. The molecule has 4 nitrogen and oxygen atoms in total. The number of benzene rings is 1. The second-order valence-corrected chi connectivity index (χ2v) is 7.29. The molecule has 0 aliphatic carbocycles. The first-order valence-corrected chi connectivity index (χ1v) is 8.66. The highest BCUT2D eigenvalue weighted by atomic mass is 127. The van der Waals surface area contributed by atoms with Crippen molar-refractivity contribution in [2.75, 3.05) is 0 Å². The summed E-state index contributed by atoms with van der Waals surface area (Å²) < 4.78 is 0.648. The van der Waals surface area contributed by atoms with Gasteiger partial charge in [0, 0.05) is 27.6 Å². The molecule has 2 aromatic rings. The van der Waals surface area contributed by atoms with Gasteiger partial charge in [0.2, 0.25) is 6.41 Å². The van der Waals surface area contributed by atoms with Crippen molar-refractivity contribution in [1.82, 2.24) is 10.3 Å². The Balaban J connectivity index is 2.52. The Bertz CT molecular complexity index is 751. The summed E-state index contributed by atoms with van der Waals surface area (Å²) in [7, 11) is 0. The van der Waals surface area contributed by atoms with Crippen LogP contribution in [-0.4, -0.2) is 11.4 Å². The Kier molecular flexibility index (Phi) is 5.69. The van der Waals surface area contributed by atoms with Gasteiger partial charge in [0.05, 0.1) is 3.57 Å². The second-order valence-electron chi connectivity index (χ2n) is 5.13. The van der Waals surface area contributed by atoms with Crippen molar-refractivity contribution in [3.63, 3.8) is 0 Å². The lowest BCUT2D eigenvalue weighted by atomic mass is 10.2. The van der Waals surface area contributed by atoms with Gasteiger partial charge in [-0.3, -0.25) is 9.59 Å². The van der Waals surface area contributed by atoms with Crippen LogP contribution in [0, 0.1) is 24.3 Å². The topological polar surface area (TPSA) is 62.0 Å². The Morgan fingerprint density at radius 2 is 1.86 bits per heavy atom. The Morgan fingerprint density at radius 3 is 2.45 bits per heavy atom. The van der Waals surface area contributed by atoms with Crippen LogP contribution in [0.25, 0.3) is 0 Å². The van der Waals surface area contributed by atoms with Crippen LogP contribution in [0.2, 0.25) is 0 Å². The maximum atomic E-state index is 12.0. The first-order chi connectivity index (χ1) is 10.4. The van der Waals surface area contributed by atoms with Crippen LogP contribution in [0.3, 0.4) is 0 Å². The zero-order chi connectivity index (χ0) is 16.3. The summed E-state index contributed by atoms with van der Waals surface area (Å²) in [4.78, 5) is 27.5. The molecule has 0 saturated heterocycles. The normalized spacial score (nSPS) is 10.5. The van der Waals surface area contributed by atoms with E-state index in [0.717, 1.165) is 21.0 Å². The molecule has 1 amide bonds. The van der Waals surface area contributed by atoms with Gasteiger partial charge in [0.15, 0.2) is 0 Å². The van der Waals surface area contributed by atoms with Crippen molar-refractivity contribution in [2.45, 2.75) is 37.1 Å². The molecule has 0 fully saturated rings. The number of carbonyl (C=O) groups is 1. The van der Waals surface area contributed by atoms with Gasteiger partial charge >= 0.3 is 0 Å². The SMILES string of the molecule is Cc1cc(C)cc(Sc2c(CNC=O)c(C)[nH]c(=O)c2I)c1. The number of amides is 1. The highest BCUT2D eigenvalue weighted by molar-refractivity contribution is 14.1. The summed E-state index contributed by atoms with van der Waals surface area (Å²) in [5.74, 6) is 0. The van der Waals surface area contributed by atoms with Crippen molar-refractivity contribution < 1.29 is 4.79 Å². The van der Waals surface area contributed by atoms with Gasteiger partial charge in [-0.15, -0.1) is 0 Å². The fourth-order valence-electron chi connectivity index (χ4n) is 2.28. The predicted molar refractivity (Wildman–Crippen MR) is 97.5 cm³/mol. The summed E-state index contributed by atoms with van der Waals surface area (Å²) in [6.07, 6.45) is 0.669. The zero-order valence-corrected chi connectivity index (χ0v) is 15.6. The first kappa shape index (κ1) is 17.1. The largest absolute Gasteiger partial charge is 0.354 e. The number of hydrogen-bond acceptors (Lipinski definition) is 3. The maximum absolute atomic E-state index is 12.0. The Hall–Kier alpha value is -1.28. The number of pyridine rings is 1. The lowest BCUT2D eigenvalue weighted by molar-refractivity contribution is -0.109. The summed E-state index contributed by atoms with van der Waals surface area (Å²) in [5.41, 5.74) is 4.00. The van der Waals surface area contributed by atoms with Crippen LogP contribution in [0.5, 0.6) is 0 Å². The van der Waals surface area contributed by atoms with Gasteiger partial charge in [-0.25, -0.2) is 0 Å². The third kappa shape index (κ3) is 3.92. The molecular weight excluding hydrogens is 411 g/mol. The lowest BCUT2D eigenvalue weighted by Crippen LogP contribution is -2.19. The van der Waals surface area contributed by atoms with Crippen molar-refractivity contribution in [3.8, 4) is 0 Å². The van der Waals surface area contributed by atoms with Gasteiger partial charge in [0.25, 0.3) is 5.56 Å². The number of aryl methyl sites for hydroxylation is 3. The molecule has 0 aliphatic rings. The molecule has 0 aliphatic heterocycles. The lowest BCUT2D eigenvalue weighted by Gasteiger charge is -2.14. The quantitative estimate of drug-likeness (QED) is 0.568. The third-order valence-electron chi connectivity index (χ3n) is 3.20. The summed E-state index contributed by atoms with van der Waals surface area (Å²) in [6.45, 7) is 6.36. The van der Waals surface area contributed by atoms with Crippen LogP contribution in [0.15, 0.2) is 32.8 Å². The molecule has 116 valence electrons. The number of aromatic amines is 1. The summed E-state index contributed by atoms with van der Waals surface area (Å²) >= 11 is 3.63. The molecule has 0 radical (unpaired) electrons. The van der Waals surface area contributed by atoms with Gasteiger partial charge in [-0.05, 0) is 66.6 Å². The molecular formula is C16H17IN2O2S. The van der Waals surface area contributed by atoms with Gasteiger partial charge < -0.3 is 10.3 Å². The van der Waals surface area contributed by atoms with E-state index < -0.39 is 0 Å². The molecule has 2 rings (SSSR count). The van der Waals surface area contributed by atoms with Gasteiger partial charge in [-0.2, -0.15) is 0 Å². The number of H-pyrrole nitrogens is 1. The van der Waals surface area contributed by atoms with Crippen LogP contribution >= 0.6 is 34.4 Å². The average Bonchev–Trinajstić information content (AvgIpc) is 2.43. The minimum absolute atomic E-state index is 0.0974. The van der Waals surface area contributed by atoms with E-state index in [9.17, 15) is 9.59 Å². The molecule has 0 atom stereocenters. The van der Waals surface area contributed by atoms with E-state index in [4.69, 9.17) is 0 Å². The van der Waals surface area contributed by atoms with E-state index in [1.165, 1.54) is 11.1 Å². The van der Waals surface area contributed by atoms with E-state index in [2.05, 4.69) is 64.9 Å². The molecule has 1 heterocycles. The number of nitrogens with one attached hydrogen (secondary N) is 2. The van der Waals surface area contributed by atoms with E-state index in [1.807, 2.05) is 6.92 Å². The zero-order valence-electron chi connectivity index (χ0n) is 12.6. The monoisotopic (exact) mass is 428 g/mol. The molecule has 0 unspecified atom stereocenters. The van der Waals surface area contributed by atoms with Gasteiger partial charge in [0.1, 0.15) is 0 Å². The van der Waals surface area contributed by atoms with Crippen LogP contribution < -0.4 is 10.9 Å². The molecule has 1 aromatic carbocycles. The number of aromatic nitrogens is 1. The van der Waals surface area contributed by atoms with Crippen molar-refractivity contribution >= 4 is 40.8 Å². The number of rotatable bonds is 5. The number of hydrogen-bond donors (Lipinski definition) is 2. The highest BCUT2D eigenvalue weighted by Gasteiger charge is 2.15. The Morgan fingerprint density at radius 1 is 1.23 bits per heavy atom. The van der Waals surface area contributed by atoms with Gasteiger partial charge in [-0.1, -0.05) is 17.8 Å². The van der Waals surface area contributed by atoms with Crippen LogP contribution in [0.1, 0.15) is 22.4 Å². The van der Waals surface area contributed by atoms with E-state index in [0.29, 0.717) is 16.5 Å². The molecule has 6 heteroatoms. The standard InChI is InChI=1S/C16H17IN2O2S/c1-9-4-10(2)6-12(5-9)22-15-13(7-18-8-20)11(3)19-16(21)14(15)17/h4-6,8H,7H2,1-3H3,(H,18,20)(H,19,21). The number of halogens is 1. The molecule has 0 bridgehead atoms. The van der Waals surface area contributed by atoms with E-state index in [1.54, 1.807) is 11.8 Å². The fourth-order valence-corrected chi connectivity index (χ4v) is 4.33. The minimum Gasteiger partial charge on any atom is -0.354 e. The van der Waals surface area contributed by atoms with E-state index in [-0.39, 0.29) is 5.56 Å². The number of carbonyl (C=O) groups excluding carboxylic acids is 1. The smallest absolute Gasteiger partial charge is 0.262 e. The van der Waals surface area contributed by atoms with Crippen molar-refractivity contribution in [3.05, 3.63) is 54.5 Å². The fraction of sp³-hybridized carbons (Fsp3) is 0.250. The molecule has 22 heavy (non-hydrogen) atoms. The predicted octanol–water partition coefficient (Wildman–Crippen LogP) is 3.30. The van der Waals surface area contributed by atoms with Crippen LogP contribution in [0.4, 0.5) is 0 Å². The third-order valence-corrected chi connectivity index (χ3v) is 5.73. The minimum atomic E-state index is -0.0974. The molecule has 2 N–H and O–H groups in total. The van der Waals surface area contributed by atoms with Crippen molar-refractivity contribution in [1.29, 1.82) is 0 Å². The highest BCUT2D eigenvalue weighted by Crippen LogP contribution is 2.34. The molecule has 0 saturated carbocycles. The average molecular weight is 428 g/mol. The summed E-state index contributed by atoms with van der Waals surface area (Å²) in [5, 5.41) is 2.68.